The van der Waals surface area contributed by atoms with E-state index in [9.17, 15) is 27.6 Å². The maximum absolute atomic E-state index is 14.1. The zero-order valence-corrected chi connectivity index (χ0v) is 24.5. The first-order chi connectivity index (χ1) is 21.1. The number of aromatic nitrogens is 1. The molecular weight excluding hydrogens is 597 g/mol. The van der Waals surface area contributed by atoms with Crippen LogP contribution in [-0.4, -0.2) is 53.3 Å². The number of halogens is 4. The second-order valence-electron chi connectivity index (χ2n) is 11.4. The van der Waals surface area contributed by atoms with Gasteiger partial charge in [0.05, 0.1) is 12.2 Å². The van der Waals surface area contributed by atoms with Gasteiger partial charge in [-0.25, -0.2) is 4.98 Å². The van der Waals surface area contributed by atoms with Gasteiger partial charge in [0.15, 0.2) is 0 Å². The van der Waals surface area contributed by atoms with Crippen LogP contribution in [0.5, 0.6) is 5.75 Å². The van der Waals surface area contributed by atoms with Crippen LogP contribution in [0.15, 0.2) is 54.7 Å². The highest BCUT2D eigenvalue weighted by atomic mass is 35.5. The van der Waals surface area contributed by atoms with Gasteiger partial charge in [-0.2, -0.15) is 13.2 Å². The summed E-state index contributed by atoms with van der Waals surface area (Å²) in [7, 11) is 0. The standard InChI is InChI=1S/C32H30ClF3N4O4/c33-23-3-1-2-20(14-23)21-16-26(32(34,35)36)29(37-17-21)39-11-8-19(9-12-39)10-13-44-24-4-5-25-22(15-24)18-40(31(25)43)27-6-7-28(41)38-30(27)42/h1-5,14-17,19,27H,6-13,18H2,(H,38,41,42). The molecule has 0 spiro atoms. The van der Waals surface area contributed by atoms with Crippen LogP contribution in [0.3, 0.4) is 0 Å². The molecule has 0 saturated carbocycles. The number of benzene rings is 2. The molecule has 3 amide bonds. The van der Waals surface area contributed by atoms with Gasteiger partial charge in [-0.1, -0.05) is 23.7 Å². The molecule has 1 unspecified atom stereocenters. The van der Waals surface area contributed by atoms with Gasteiger partial charge in [-0.15, -0.1) is 0 Å². The first kappa shape index (κ1) is 29.9. The summed E-state index contributed by atoms with van der Waals surface area (Å²) in [5.41, 5.74) is 1.45. The zero-order valence-electron chi connectivity index (χ0n) is 23.7. The summed E-state index contributed by atoms with van der Waals surface area (Å²) < 4.78 is 48.2. The molecule has 1 aromatic heterocycles. The fourth-order valence-corrected chi connectivity index (χ4v) is 6.35. The Hall–Kier alpha value is -4.12. The monoisotopic (exact) mass is 626 g/mol. The van der Waals surface area contributed by atoms with Gasteiger partial charge in [0.25, 0.3) is 5.91 Å². The number of rotatable bonds is 7. The van der Waals surface area contributed by atoms with Crippen LogP contribution in [0.2, 0.25) is 5.02 Å². The number of carbonyl (C=O) groups is 3. The molecule has 1 atom stereocenters. The predicted molar refractivity (Wildman–Crippen MR) is 157 cm³/mol. The van der Waals surface area contributed by atoms with Crippen molar-refractivity contribution in [3.05, 3.63) is 76.4 Å². The molecule has 2 fully saturated rings. The minimum absolute atomic E-state index is 0.0583. The molecule has 8 nitrogen and oxygen atoms in total. The maximum atomic E-state index is 14.1. The van der Waals surface area contributed by atoms with Crippen molar-refractivity contribution in [2.75, 3.05) is 24.6 Å². The Kier molecular flexibility index (Phi) is 8.24. The molecule has 3 aliphatic heterocycles. The highest BCUT2D eigenvalue weighted by molar-refractivity contribution is 6.30. The Morgan fingerprint density at radius 2 is 1.80 bits per heavy atom. The Morgan fingerprint density at radius 1 is 1.00 bits per heavy atom. The number of nitrogens with one attached hydrogen (secondary N) is 1. The van der Waals surface area contributed by atoms with Crippen molar-refractivity contribution in [1.29, 1.82) is 0 Å². The van der Waals surface area contributed by atoms with Crippen molar-refractivity contribution in [3.8, 4) is 16.9 Å². The van der Waals surface area contributed by atoms with Gasteiger partial charge in [-0.05, 0) is 79.1 Å². The highest BCUT2D eigenvalue weighted by Gasteiger charge is 2.39. The number of carbonyl (C=O) groups excluding carboxylic acids is 3. The number of amides is 3. The number of ether oxygens (including phenoxy) is 1. The van der Waals surface area contributed by atoms with E-state index in [2.05, 4.69) is 10.3 Å². The number of anilines is 1. The molecule has 0 radical (unpaired) electrons. The molecule has 0 bridgehead atoms. The summed E-state index contributed by atoms with van der Waals surface area (Å²) in [5, 5.41) is 2.74. The minimum Gasteiger partial charge on any atom is -0.494 e. The number of alkyl halides is 3. The molecule has 230 valence electrons. The Morgan fingerprint density at radius 3 is 2.52 bits per heavy atom. The fraction of sp³-hybridized carbons (Fsp3) is 0.375. The molecule has 3 aromatic rings. The summed E-state index contributed by atoms with van der Waals surface area (Å²) in [6.07, 6.45) is -0.449. The molecule has 1 N–H and O–H groups in total. The summed E-state index contributed by atoms with van der Waals surface area (Å²) in [4.78, 5) is 44.1. The number of fused-ring (bicyclic) bond motifs is 1. The number of hydrogen-bond acceptors (Lipinski definition) is 6. The van der Waals surface area contributed by atoms with E-state index < -0.39 is 23.7 Å². The van der Waals surface area contributed by atoms with E-state index >= 15 is 0 Å². The van der Waals surface area contributed by atoms with Crippen LogP contribution >= 0.6 is 11.6 Å². The van der Waals surface area contributed by atoms with E-state index in [-0.39, 0.29) is 36.5 Å². The van der Waals surface area contributed by atoms with Gasteiger partial charge in [0, 0.05) is 48.4 Å². The van der Waals surface area contributed by atoms with E-state index in [0.29, 0.717) is 66.4 Å². The lowest BCUT2D eigenvalue weighted by Gasteiger charge is -2.34. The first-order valence-electron chi connectivity index (χ1n) is 14.6. The second-order valence-corrected chi connectivity index (χ2v) is 11.8. The molecule has 6 rings (SSSR count). The van der Waals surface area contributed by atoms with E-state index in [1.807, 2.05) is 0 Å². The van der Waals surface area contributed by atoms with Gasteiger partial charge in [0.1, 0.15) is 17.6 Å². The Balaban J connectivity index is 1.03. The van der Waals surface area contributed by atoms with E-state index in [4.69, 9.17) is 16.3 Å². The maximum Gasteiger partial charge on any atom is 0.419 e. The van der Waals surface area contributed by atoms with Crippen molar-refractivity contribution >= 4 is 35.1 Å². The van der Waals surface area contributed by atoms with Crippen LogP contribution in [0.1, 0.15) is 53.6 Å². The Bertz CT molecular complexity index is 1610. The van der Waals surface area contributed by atoms with E-state index in [0.717, 1.165) is 18.1 Å². The van der Waals surface area contributed by atoms with Gasteiger partial charge in [0.2, 0.25) is 11.8 Å². The molecule has 4 heterocycles. The lowest BCUT2D eigenvalue weighted by atomic mass is 9.93. The number of piperidine rings is 2. The van der Waals surface area contributed by atoms with Gasteiger partial charge in [-0.3, -0.25) is 19.7 Å². The first-order valence-corrected chi connectivity index (χ1v) is 14.9. The van der Waals surface area contributed by atoms with Crippen LogP contribution in [0, 0.1) is 5.92 Å². The van der Waals surface area contributed by atoms with Gasteiger partial charge >= 0.3 is 6.18 Å². The summed E-state index contributed by atoms with van der Waals surface area (Å²) in [6.45, 7) is 1.60. The SMILES string of the molecule is O=C1CCC(N2Cc3cc(OCCC4CCN(c5ncc(-c6cccc(Cl)c6)cc5C(F)(F)F)CC4)ccc3C2=O)C(=O)N1. The van der Waals surface area contributed by atoms with Crippen LogP contribution < -0.4 is 15.0 Å². The fourth-order valence-electron chi connectivity index (χ4n) is 6.16. The number of pyridine rings is 1. The Labute approximate surface area is 257 Å². The smallest absolute Gasteiger partial charge is 0.419 e. The van der Waals surface area contributed by atoms with Crippen molar-refractivity contribution in [3.63, 3.8) is 0 Å². The molecule has 3 aliphatic rings. The highest BCUT2D eigenvalue weighted by Crippen LogP contribution is 2.39. The normalized spacial score (nSPS) is 19.3. The average molecular weight is 627 g/mol. The quantitative estimate of drug-likeness (QED) is 0.330. The lowest BCUT2D eigenvalue weighted by molar-refractivity contribution is -0.138. The summed E-state index contributed by atoms with van der Waals surface area (Å²) in [5.74, 6) is -0.191. The predicted octanol–water partition coefficient (Wildman–Crippen LogP) is 5.87. The van der Waals surface area contributed by atoms with Gasteiger partial charge < -0.3 is 14.5 Å². The number of imide groups is 1. The molecule has 2 aromatic carbocycles. The second kappa shape index (κ2) is 12.1. The zero-order chi connectivity index (χ0) is 31.0. The van der Waals surface area contributed by atoms with Crippen molar-refractivity contribution < 1.29 is 32.3 Å². The van der Waals surface area contributed by atoms with Crippen LogP contribution in [0.25, 0.3) is 11.1 Å². The average Bonchev–Trinajstić information content (AvgIpc) is 3.32. The minimum atomic E-state index is -4.55. The largest absolute Gasteiger partial charge is 0.494 e. The van der Waals surface area contributed by atoms with Crippen molar-refractivity contribution in [1.82, 2.24) is 15.2 Å². The third-order valence-electron chi connectivity index (χ3n) is 8.53. The number of hydrogen-bond donors (Lipinski definition) is 1. The summed E-state index contributed by atoms with van der Waals surface area (Å²) >= 11 is 6.04. The molecule has 44 heavy (non-hydrogen) atoms. The van der Waals surface area contributed by atoms with E-state index in [1.54, 1.807) is 47.4 Å². The lowest BCUT2D eigenvalue weighted by Crippen LogP contribution is -2.52. The molecular formula is C32H30ClF3N4O4. The van der Waals surface area contributed by atoms with Crippen LogP contribution in [-0.2, 0) is 22.3 Å². The third kappa shape index (κ3) is 6.24. The molecule has 0 aliphatic carbocycles. The summed E-state index contributed by atoms with van der Waals surface area (Å²) in [6, 6.07) is 12.4. The van der Waals surface area contributed by atoms with E-state index in [1.165, 1.54) is 11.1 Å². The van der Waals surface area contributed by atoms with Crippen molar-refractivity contribution in [2.45, 2.75) is 50.9 Å². The third-order valence-corrected chi connectivity index (χ3v) is 8.77. The number of nitrogens with zero attached hydrogens (tertiary/aromatic N) is 3. The topological polar surface area (TPSA) is 91.8 Å². The molecule has 2 saturated heterocycles. The van der Waals surface area contributed by atoms with Crippen molar-refractivity contribution in [2.24, 2.45) is 5.92 Å². The van der Waals surface area contributed by atoms with Crippen LogP contribution in [0.4, 0.5) is 19.0 Å². The molecule has 12 heteroatoms.